The zero-order chi connectivity index (χ0) is 15.5. The highest BCUT2D eigenvalue weighted by molar-refractivity contribution is 14.1. The summed E-state index contributed by atoms with van der Waals surface area (Å²) in [6.45, 7) is 2.00. The van der Waals surface area contributed by atoms with E-state index in [1.807, 2.05) is 24.3 Å². The van der Waals surface area contributed by atoms with Gasteiger partial charge in [0.2, 0.25) is 11.7 Å². The van der Waals surface area contributed by atoms with Crippen molar-refractivity contribution in [3.8, 4) is 22.9 Å². The van der Waals surface area contributed by atoms with Gasteiger partial charge in [0.1, 0.15) is 0 Å². The summed E-state index contributed by atoms with van der Waals surface area (Å²) in [6, 6.07) is 11.1. The Kier molecular flexibility index (Phi) is 4.28. The summed E-state index contributed by atoms with van der Waals surface area (Å²) in [6.07, 6.45) is 1.52. The Morgan fingerprint density at radius 3 is 2.77 bits per heavy atom. The number of oxazole rings is 1. The maximum atomic E-state index is 12.1. The fourth-order valence-corrected chi connectivity index (χ4v) is 2.60. The van der Waals surface area contributed by atoms with Crippen LogP contribution in [0.1, 0.15) is 17.5 Å². The maximum absolute atomic E-state index is 12.1. The number of hydrogen-bond donors (Lipinski definition) is 0. The van der Waals surface area contributed by atoms with Crippen LogP contribution in [0, 0.1) is 3.57 Å². The molecule has 2 aromatic heterocycles. The van der Waals surface area contributed by atoms with E-state index >= 15 is 0 Å². The number of esters is 1. The van der Waals surface area contributed by atoms with Gasteiger partial charge in [0.15, 0.2) is 11.5 Å². The van der Waals surface area contributed by atoms with E-state index in [0.717, 1.165) is 9.13 Å². The van der Waals surface area contributed by atoms with Gasteiger partial charge in [-0.25, -0.2) is 9.78 Å². The van der Waals surface area contributed by atoms with E-state index in [0.29, 0.717) is 17.3 Å². The first-order valence-corrected chi connectivity index (χ1v) is 7.75. The Hall–Kier alpha value is -2.09. The van der Waals surface area contributed by atoms with Crippen LogP contribution >= 0.6 is 22.6 Å². The number of furan rings is 1. The molecule has 0 amide bonds. The van der Waals surface area contributed by atoms with E-state index < -0.39 is 5.97 Å². The molecule has 22 heavy (non-hydrogen) atoms. The maximum Gasteiger partial charge on any atom is 0.376 e. The molecular formula is C16H12INO4. The van der Waals surface area contributed by atoms with Gasteiger partial charge in [-0.2, -0.15) is 0 Å². The van der Waals surface area contributed by atoms with Crippen LogP contribution in [0.3, 0.4) is 0 Å². The van der Waals surface area contributed by atoms with Crippen molar-refractivity contribution in [2.75, 3.05) is 6.61 Å². The molecule has 0 spiro atoms. The predicted octanol–water partition coefficient (Wildman–Crippen LogP) is 4.38. The molecule has 0 unspecified atom stereocenters. The van der Waals surface area contributed by atoms with Gasteiger partial charge in [-0.1, -0.05) is 12.1 Å². The average Bonchev–Trinajstić information content (AvgIpc) is 3.17. The first kappa shape index (κ1) is 14.8. The van der Waals surface area contributed by atoms with Crippen LogP contribution in [-0.2, 0) is 4.74 Å². The number of aromatic nitrogens is 1. The molecule has 0 aliphatic carbocycles. The average molecular weight is 409 g/mol. The third-order valence-corrected chi connectivity index (χ3v) is 3.89. The number of carbonyl (C=O) groups is 1. The molecule has 112 valence electrons. The lowest BCUT2D eigenvalue weighted by molar-refractivity contribution is 0.0492. The van der Waals surface area contributed by atoms with E-state index in [4.69, 9.17) is 13.6 Å². The highest BCUT2D eigenvalue weighted by atomic mass is 127. The molecule has 6 heteroatoms. The second-order valence-electron chi connectivity index (χ2n) is 4.37. The normalized spacial score (nSPS) is 10.6. The molecule has 0 saturated heterocycles. The quantitative estimate of drug-likeness (QED) is 0.473. The summed E-state index contributed by atoms with van der Waals surface area (Å²) in [4.78, 5) is 16.5. The Balaban J connectivity index is 2.13. The van der Waals surface area contributed by atoms with Crippen LogP contribution in [0.15, 0.2) is 51.5 Å². The third-order valence-electron chi connectivity index (χ3n) is 2.95. The van der Waals surface area contributed by atoms with Crippen molar-refractivity contribution >= 4 is 28.6 Å². The Bertz CT molecular complexity index is 792. The number of hydrogen-bond acceptors (Lipinski definition) is 5. The van der Waals surface area contributed by atoms with Crippen LogP contribution in [0.4, 0.5) is 0 Å². The number of benzene rings is 1. The zero-order valence-electron chi connectivity index (χ0n) is 11.7. The summed E-state index contributed by atoms with van der Waals surface area (Å²) < 4.78 is 17.0. The van der Waals surface area contributed by atoms with E-state index in [2.05, 4.69) is 27.6 Å². The van der Waals surface area contributed by atoms with Gasteiger partial charge in [-0.15, -0.1) is 0 Å². The van der Waals surface area contributed by atoms with Crippen LogP contribution < -0.4 is 0 Å². The molecule has 0 fully saturated rings. The smallest absolute Gasteiger partial charge is 0.376 e. The van der Waals surface area contributed by atoms with E-state index in [1.165, 1.54) is 6.26 Å². The van der Waals surface area contributed by atoms with Crippen molar-refractivity contribution in [3.05, 3.63) is 52.0 Å². The van der Waals surface area contributed by atoms with Crippen molar-refractivity contribution in [2.45, 2.75) is 6.92 Å². The number of rotatable bonds is 4. The highest BCUT2D eigenvalue weighted by Gasteiger charge is 2.25. The number of carbonyl (C=O) groups excluding carboxylic acids is 1. The van der Waals surface area contributed by atoms with Crippen LogP contribution in [-0.4, -0.2) is 17.6 Å². The largest absolute Gasteiger partial charge is 0.463 e. The Morgan fingerprint density at radius 1 is 1.27 bits per heavy atom. The van der Waals surface area contributed by atoms with Gasteiger partial charge < -0.3 is 13.6 Å². The lowest BCUT2D eigenvalue weighted by Crippen LogP contribution is -2.04. The van der Waals surface area contributed by atoms with E-state index in [1.54, 1.807) is 19.1 Å². The monoisotopic (exact) mass is 409 g/mol. The molecular weight excluding hydrogens is 397 g/mol. The lowest BCUT2D eigenvalue weighted by Gasteiger charge is -1.99. The fraction of sp³-hybridized carbons (Fsp3) is 0.125. The summed E-state index contributed by atoms with van der Waals surface area (Å²) in [5, 5.41) is 0. The molecule has 0 radical (unpaired) electrons. The summed E-state index contributed by atoms with van der Waals surface area (Å²) in [7, 11) is 0. The fourth-order valence-electron chi connectivity index (χ4n) is 1.99. The molecule has 0 bridgehead atoms. The molecule has 5 nitrogen and oxygen atoms in total. The van der Waals surface area contributed by atoms with Gasteiger partial charge in [0.25, 0.3) is 0 Å². The standard InChI is InChI=1S/C16H12INO4/c1-2-20-16(19)14-13(12-8-5-9-21-12)18-15(22-14)10-6-3-4-7-11(10)17/h3-9H,2H2,1H3. The predicted molar refractivity (Wildman–Crippen MR) is 88.3 cm³/mol. The highest BCUT2D eigenvalue weighted by Crippen LogP contribution is 2.31. The molecule has 0 atom stereocenters. The van der Waals surface area contributed by atoms with Crippen LogP contribution in [0.25, 0.3) is 22.9 Å². The summed E-state index contributed by atoms with van der Waals surface area (Å²) >= 11 is 2.19. The Labute approximate surface area is 140 Å². The Morgan fingerprint density at radius 2 is 2.09 bits per heavy atom. The SMILES string of the molecule is CCOC(=O)c1oc(-c2ccccc2I)nc1-c1ccco1. The van der Waals surface area contributed by atoms with Crippen molar-refractivity contribution in [1.29, 1.82) is 0 Å². The van der Waals surface area contributed by atoms with Crippen molar-refractivity contribution in [3.63, 3.8) is 0 Å². The van der Waals surface area contributed by atoms with E-state index in [-0.39, 0.29) is 12.4 Å². The van der Waals surface area contributed by atoms with Gasteiger partial charge in [-0.05, 0) is 53.8 Å². The first-order chi connectivity index (χ1) is 10.7. The lowest BCUT2D eigenvalue weighted by atomic mass is 10.2. The van der Waals surface area contributed by atoms with Crippen molar-refractivity contribution in [1.82, 2.24) is 4.98 Å². The molecule has 3 rings (SSSR count). The molecule has 3 aromatic rings. The summed E-state index contributed by atoms with van der Waals surface area (Å²) in [5.41, 5.74) is 1.16. The van der Waals surface area contributed by atoms with Gasteiger partial charge in [0, 0.05) is 3.57 Å². The minimum absolute atomic E-state index is 0.0476. The van der Waals surface area contributed by atoms with E-state index in [9.17, 15) is 4.79 Å². The molecule has 0 aliphatic heterocycles. The second kappa shape index (κ2) is 6.35. The van der Waals surface area contributed by atoms with Crippen LogP contribution in [0.5, 0.6) is 0 Å². The van der Waals surface area contributed by atoms with Gasteiger partial charge >= 0.3 is 5.97 Å². The minimum Gasteiger partial charge on any atom is -0.463 e. The van der Waals surface area contributed by atoms with Gasteiger partial charge in [0.05, 0.1) is 18.4 Å². The first-order valence-electron chi connectivity index (χ1n) is 6.67. The molecule has 0 aliphatic rings. The molecule has 1 aromatic carbocycles. The van der Waals surface area contributed by atoms with Crippen molar-refractivity contribution in [2.24, 2.45) is 0 Å². The molecule has 0 N–H and O–H groups in total. The molecule has 0 saturated carbocycles. The third kappa shape index (κ3) is 2.78. The number of ether oxygens (including phenoxy) is 1. The summed E-state index contributed by atoms with van der Waals surface area (Å²) in [5.74, 6) is 0.313. The second-order valence-corrected chi connectivity index (χ2v) is 5.54. The van der Waals surface area contributed by atoms with Crippen LogP contribution in [0.2, 0.25) is 0 Å². The topological polar surface area (TPSA) is 65.5 Å². The number of halogens is 1. The molecule has 2 heterocycles. The van der Waals surface area contributed by atoms with Crippen molar-refractivity contribution < 1.29 is 18.4 Å². The zero-order valence-corrected chi connectivity index (χ0v) is 13.9. The van der Waals surface area contributed by atoms with Gasteiger partial charge in [-0.3, -0.25) is 0 Å². The minimum atomic E-state index is -0.557. The number of nitrogens with zero attached hydrogens (tertiary/aromatic N) is 1.